The number of nitrogens with one attached hydrogen (secondary N) is 1. The van der Waals surface area contributed by atoms with Gasteiger partial charge in [0.15, 0.2) is 0 Å². The van der Waals surface area contributed by atoms with Crippen molar-refractivity contribution in [3.8, 4) is 11.8 Å². The number of nitriles is 1. The van der Waals surface area contributed by atoms with Gasteiger partial charge in [-0.3, -0.25) is 9.10 Å². The van der Waals surface area contributed by atoms with Crippen LogP contribution in [0.5, 0.6) is 5.75 Å². The Balaban J connectivity index is 2.01. The van der Waals surface area contributed by atoms with E-state index in [4.69, 9.17) is 21.6 Å². The first-order chi connectivity index (χ1) is 15.2. The van der Waals surface area contributed by atoms with Gasteiger partial charge in [0.2, 0.25) is 5.91 Å². The van der Waals surface area contributed by atoms with Crippen LogP contribution >= 0.6 is 11.6 Å². The van der Waals surface area contributed by atoms with E-state index in [0.717, 1.165) is 9.87 Å². The number of hydrogen-bond donors (Lipinski definition) is 1. The highest BCUT2D eigenvalue weighted by Crippen LogP contribution is 2.31. The van der Waals surface area contributed by atoms with Crippen LogP contribution in [0.15, 0.2) is 71.6 Å². The molecule has 0 saturated carbocycles. The second kappa shape index (κ2) is 9.73. The Kier molecular flexibility index (Phi) is 7.03. The predicted molar refractivity (Wildman–Crippen MR) is 124 cm³/mol. The van der Waals surface area contributed by atoms with Gasteiger partial charge in [-0.1, -0.05) is 23.7 Å². The van der Waals surface area contributed by atoms with Crippen LogP contribution in [0, 0.1) is 18.3 Å². The zero-order valence-electron chi connectivity index (χ0n) is 17.4. The van der Waals surface area contributed by atoms with Crippen LogP contribution < -0.4 is 14.4 Å². The van der Waals surface area contributed by atoms with Crippen molar-refractivity contribution in [1.82, 2.24) is 0 Å². The van der Waals surface area contributed by atoms with Crippen molar-refractivity contribution >= 4 is 38.9 Å². The van der Waals surface area contributed by atoms with E-state index in [2.05, 4.69) is 5.32 Å². The molecule has 0 aliphatic rings. The molecule has 7 nitrogen and oxygen atoms in total. The summed E-state index contributed by atoms with van der Waals surface area (Å²) in [4.78, 5) is 12.7. The van der Waals surface area contributed by atoms with Crippen LogP contribution in [0.2, 0.25) is 5.02 Å². The van der Waals surface area contributed by atoms with Crippen LogP contribution in [-0.4, -0.2) is 28.0 Å². The molecule has 32 heavy (non-hydrogen) atoms. The summed E-state index contributed by atoms with van der Waals surface area (Å²) in [6.45, 7) is 1.26. The third-order valence-electron chi connectivity index (χ3n) is 4.56. The highest BCUT2D eigenvalue weighted by molar-refractivity contribution is 7.93. The average molecular weight is 470 g/mol. The van der Waals surface area contributed by atoms with Gasteiger partial charge in [-0.05, 0) is 67.1 Å². The minimum atomic E-state index is -4.18. The van der Waals surface area contributed by atoms with Gasteiger partial charge >= 0.3 is 0 Å². The number of sulfonamides is 1. The number of carbonyl (C=O) groups excluding carboxylic acids is 1. The molecule has 164 valence electrons. The fourth-order valence-corrected chi connectivity index (χ4v) is 4.81. The normalized spacial score (nSPS) is 10.8. The zero-order chi connectivity index (χ0) is 23.3. The first-order valence-electron chi connectivity index (χ1n) is 9.47. The molecule has 1 N–H and O–H groups in total. The summed E-state index contributed by atoms with van der Waals surface area (Å²) in [7, 11) is -2.80. The molecule has 0 saturated heterocycles. The van der Waals surface area contributed by atoms with Crippen molar-refractivity contribution in [1.29, 1.82) is 5.26 Å². The number of hydrogen-bond acceptors (Lipinski definition) is 5. The number of nitrogens with zero attached hydrogens (tertiary/aromatic N) is 2. The van der Waals surface area contributed by atoms with Gasteiger partial charge in [-0.25, -0.2) is 8.42 Å². The number of methoxy groups -OCH3 is 1. The molecular formula is C23H20ClN3O4S. The summed E-state index contributed by atoms with van der Waals surface area (Å²) in [5, 5.41) is 12.1. The van der Waals surface area contributed by atoms with Crippen LogP contribution in [-0.2, 0) is 14.8 Å². The standard InChI is InChI=1S/C23H20ClN3O4S/c1-16-6-11-21(31-2)22(12-16)32(29,30)27(20-9-7-18(24)8-10-20)15-23(28)26-19-5-3-4-17(13-19)14-25/h3-13H,15H2,1-2H3,(H,26,28). The van der Waals surface area contributed by atoms with Gasteiger partial charge in [-0.15, -0.1) is 0 Å². The molecule has 0 fully saturated rings. The van der Waals surface area contributed by atoms with Crippen LogP contribution in [0.3, 0.4) is 0 Å². The van der Waals surface area contributed by atoms with Crippen molar-refractivity contribution in [2.24, 2.45) is 0 Å². The Morgan fingerprint density at radius 1 is 1.12 bits per heavy atom. The molecular weight excluding hydrogens is 450 g/mol. The quantitative estimate of drug-likeness (QED) is 0.554. The molecule has 3 rings (SSSR count). The summed E-state index contributed by atoms with van der Waals surface area (Å²) in [6, 6.07) is 19.3. The lowest BCUT2D eigenvalue weighted by atomic mass is 10.2. The summed E-state index contributed by atoms with van der Waals surface area (Å²) < 4.78 is 33.5. The number of aryl methyl sites for hydroxylation is 1. The van der Waals surface area contributed by atoms with E-state index >= 15 is 0 Å². The zero-order valence-corrected chi connectivity index (χ0v) is 18.9. The van der Waals surface area contributed by atoms with E-state index < -0.39 is 22.5 Å². The van der Waals surface area contributed by atoms with Gasteiger partial charge in [0, 0.05) is 10.7 Å². The Labute approximate surface area is 191 Å². The number of anilines is 2. The van der Waals surface area contributed by atoms with Gasteiger partial charge in [0.25, 0.3) is 10.0 Å². The molecule has 0 spiro atoms. The summed E-state index contributed by atoms with van der Waals surface area (Å²) in [6.07, 6.45) is 0. The highest BCUT2D eigenvalue weighted by Gasteiger charge is 2.30. The van der Waals surface area contributed by atoms with Gasteiger partial charge in [0.1, 0.15) is 17.2 Å². The minimum Gasteiger partial charge on any atom is -0.495 e. The highest BCUT2D eigenvalue weighted by atomic mass is 35.5. The fourth-order valence-electron chi connectivity index (χ4n) is 3.02. The van der Waals surface area contributed by atoms with E-state index in [1.165, 1.54) is 31.4 Å². The van der Waals surface area contributed by atoms with Gasteiger partial charge in [0.05, 0.1) is 24.4 Å². The Morgan fingerprint density at radius 3 is 2.50 bits per heavy atom. The molecule has 0 bridgehead atoms. The maximum absolute atomic E-state index is 13.6. The van der Waals surface area contributed by atoms with Crippen molar-refractivity contribution < 1.29 is 17.9 Å². The van der Waals surface area contributed by atoms with Crippen molar-refractivity contribution in [3.63, 3.8) is 0 Å². The molecule has 1 amide bonds. The maximum Gasteiger partial charge on any atom is 0.268 e. The lowest BCUT2D eigenvalue weighted by Crippen LogP contribution is -2.38. The first-order valence-corrected chi connectivity index (χ1v) is 11.3. The third-order valence-corrected chi connectivity index (χ3v) is 6.61. The second-order valence-electron chi connectivity index (χ2n) is 6.88. The molecule has 0 radical (unpaired) electrons. The molecule has 0 aliphatic carbocycles. The number of amides is 1. The molecule has 0 unspecified atom stereocenters. The lowest BCUT2D eigenvalue weighted by molar-refractivity contribution is -0.114. The summed E-state index contributed by atoms with van der Waals surface area (Å²) in [5.74, 6) is -0.415. The average Bonchev–Trinajstić information content (AvgIpc) is 2.78. The number of ether oxygens (including phenoxy) is 1. The number of rotatable bonds is 7. The molecule has 0 aliphatic heterocycles. The second-order valence-corrected chi connectivity index (χ2v) is 9.15. The monoisotopic (exact) mass is 469 g/mol. The Morgan fingerprint density at radius 2 is 1.84 bits per heavy atom. The van der Waals surface area contributed by atoms with Gasteiger partial charge in [-0.2, -0.15) is 5.26 Å². The Bertz CT molecular complexity index is 1290. The first kappa shape index (κ1) is 23.1. The molecule has 0 atom stereocenters. The molecule has 9 heteroatoms. The molecule has 3 aromatic rings. The summed E-state index contributed by atoms with van der Waals surface area (Å²) >= 11 is 5.96. The summed E-state index contributed by atoms with van der Waals surface area (Å²) in [5.41, 5.74) is 1.74. The topological polar surface area (TPSA) is 99.5 Å². The van der Waals surface area contributed by atoms with Crippen LogP contribution in [0.4, 0.5) is 11.4 Å². The lowest BCUT2D eigenvalue weighted by Gasteiger charge is -2.25. The minimum absolute atomic E-state index is 0.0609. The molecule has 3 aromatic carbocycles. The smallest absolute Gasteiger partial charge is 0.268 e. The van der Waals surface area contributed by atoms with E-state index in [9.17, 15) is 13.2 Å². The van der Waals surface area contributed by atoms with E-state index in [-0.39, 0.29) is 16.3 Å². The molecule has 0 heterocycles. The van der Waals surface area contributed by atoms with E-state index in [1.54, 1.807) is 49.4 Å². The van der Waals surface area contributed by atoms with E-state index in [0.29, 0.717) is 16.3 Å². The van der Waals surface area contributed by atoms with Crippen LogP contribution in [0.25, 0.3) is 0 Å². The third kappa shape index (κ3) is 5.19. The fraction of sp³-hybridized carbons (Fsp3) is 0.130. The number of carbonyl (C=O) groups is 1. The van der Waals surface area contributed by atoms with Crippen molar-refractivity contribution in [2.75, 3.05) is 23.3 Å². The van der Waals surface area contributed by atoms with Crippen molar-refractivity contribution in [2.45, 2.75) is 11.8 Å². The number of benzene rings is 3. The van der Waals surface area contributed by atoms with Gasteiger partial charge < -0.3 is 10.1 Å². The predicted octanol–water partition coefficient (Wildman–Crippen LogP) is 4.36. The molecule has 0 aromatic heterocycles. The largest absolute Gasteiger partial charge is 0.495 e. The Hall–Kier alpha value is -3.54. The van der Waals surface area contributed by atoms with Crippen molar-refractivity contribution in [3.05, 3.63) is 82.9 Å². The van der Waals surface area contributed by atoms with Crippen LogP contribution in [0.1, 0.15) is 11.1 Å². The van der Waals surface area contributed by atoms with E-state index in [1.807, 2.05) is 6.07 Å². The maximum atomic E-state index is 13.6. The number of halogens is 1. The SMILES string of the molecule is COc1ccc(C)cc1S(=O)(=O)N(CC(=O)Nc1cccc(C#N)c1)c1ccc(Cl)cc1.